The Morgan fingerprint density at radius 2 is 2.04 bits per heavy atom. The number of para-hydroxylation sites is 1. The molecule has 3 rings (SSSR count). The van der Waals surface area contributed by atoms with Crippen molar-refractivity contribution in [3.8, 4) is 5.75 Å². The summed E-state index contributed by atoms with van der Waals surface area (Å²) in [5, 5.41) is 1.52. The first-order valence-corrected chi connectivity index (χ1v) is 10.3. The molecule has 0 amide bonds. The molecule has 0 fully saturated rings. The smallest absolute Gasteiger partial charge is 0.262 e. The van der Waals surface area contributed by atoms with Crippen LogP contribution < -0.4 is 10.3 Å². The number of halogens is 1. The molecule has 28 heavy (non-hydrogen) atoms. The lowest BCUT2D eigenvalue weighted by Crippen LogP contribution is -2.26. The van der Waals surface area contributed by atoms with Crippen molar-refractivity contribution in [3.05, 3.63) is 63.4 Å². The zero-order valence-corrected chi connectivity index (χ0v) is 17.5. The number of nitrogens with zero attached hydrogens (tertiary/aromatic N) is 2. The minimum atomic E-state index is -0.0901. The fraction of sp³-hybridized carbons (Fsp3) is 0.286. The molecular weight excluding hydrogens is 396 g/mol. The van der Waals surface area contributed by atoms with E-state index in [1.165, 1.54) is 18.9 Å². The molecule has 2 aromatic carbocycles. The molecule has 0 N–H and O–H groups in total. The van der Waals surface area contributed by atoms with Crippen LogP contribution in [0.3, 0.4) is 0 Å². The van der Waals surface area contributed by atoms with E-state index in [1.54, 1.807) is 28.8 Å². The summed E-state index contributed by atoms with van der Waals surface area (Å²) in [6.07, 6.45) is 0.787. The van der Waals surface area contributed by atoms with Crippen LogP contribution in [0.4, 0.5) is 0 Å². The summed E-state index contributed by atoms with van der Waals surface area (Å²) in [7, 11) is 1.53. The van der Waals surface area contributed by atoms with Gasteiger partial charge in [-0.25, -0.2) is 4.98 Å². The van der Waals surface area contributed by atoms with Gasteiger partial charge in [0.1, 0.15) is 5.75 Å². The Labute approximate surface area is 172 Å². The maximum absolute atomic E-state index is 13.0. The summed E-state index contributed by atoms with van der Waals surface area (Å²) in [5.74, 6) is 0.587. The van der Waals surface area contributed by atoms with Crippen molar-refractivity contribution in [1.82, 2.24) is 9.55 Å². The summed E-state index contributed by atoms with van der Waals surface area (Å²) < 4.78 is 6.80. The monoisotopic (exact) mass is 416 g/mol. The minimum Gasteiger partial charge on any atom is -0.495 e. The largest absolute Gasteiger partial charge is 0.495 e. The molecule has 1 atom stereocenters. The Morgan fingerprint density at radius 3 is 2.71 bits per heavy atom. The highest BCUT2D eigenvalue weighted by Crippen LogP contribution is 2.27. The van der Waals surface area contributed by atoms with Gasteiger partial charge in [-0.1, -0.05) is 42.4 Å². The SMILES string of the molecule is CC[C@H](C)n1c(SCC(=O)c2ccc(OC)c(Cl)c2)nc2ccccc2c1=O. The zero-order chi connectivity index (χ0) is 20.3. The Hall–Kier alpha value is -2.31. The molecule has 0 saturated heterocycles. The van der Waals surface area contributed by atoms with Crippen LogP contribution in [-0.2, 0) is 0 Å². The van der Waals surface area contributed by atoms with Crippen molar-refractivity contribution in [1.29, 1.82) is 0 Å². The van der Waals surface area contributed by atoms with Crippen molar-refractivity contribution >= 4 is 40.0 Å². The van der Waals surface area contributed by atoms with Crippen molar-refractivity contribution in [2.45, 2.75) is 31.5 Å². The molecule has 0 spiro atoms. The second kappa shape index (κ2) is 8.80. The number of carbonyl (C=O) groups is 1. The van der Waals surface area contributed by atoms with Crippen LogP contribution in [-0.4, -0.2) is 28.2 Å². The Balaban J connectivity index is 1.92. The molecule has 0 unspecified atom stereocenters. The van der Waals surface area contributed by atoms with E-state index in [0.29, 0.717) is 32.4 Å². The molecule has 0 aliphatic rings. The van der Waals surface area contributed by atoms with Gasteiger partial charge in [0.15, 0.2) is 10.9 Å². The zero-order valence-electron chi connectivity index (χ0n) is 15.9. The summed E-state index contributed by atoms with van der Waals surface area (Å²) in [4.78, 5) is 30.2. The first-order valence-electron chi connectivity index (χ1n) is 8.97. The molecule has 7 heteroatoms. The number of aromatic nitrogens is 2. The molecular formula is C21H21ClN2O3S. The average molecular weight is 417 g/mol. The minimum absolute atomic E-state index is 0.0161. The normalized spacial score (nSPS) is 12.1. The maximum atomic E-state index is 13.0. The summed E-state index contributed by atoms with van der Waals surface area (Å²) in [6, 6.07) is 12.2. The van der Waals surface area contributed by atoms with Crippen LogP contribution in [0.15, 0.2) is 52.4 Å². The number of fused-ring (bicyclic) bond motifs is 1. The molecule has 0 aliphatic heterocycles. The highest BCUT2D eigenvalue weighted by molar-refractivity contribution is 7.99. The number of thioether (sulfide) groups is 1. The summed E-state index contributed by atoms with van der Waals surface area (Å²) in [5.41, 5.74) is 1.05. The van der Waals surface area contributed by atoms with Crippen LogP contribution >= 0.6 is 23.4 Å². The second-order valence-corrected chi connectivity index (χ2v) is 7.75. The molecule has 1 heterocycles. The van der Waals surface area contributed by atoms with Gasteiger partial charge in [-0.15, -0.1) is 0 Å². The number of Topliss-reactive ketones (excluding diaryl/α,β-unsaturated/α-hetero) is 1. The van der Waals surface area contributed by atoms with Gasteiger partial charge < -0.3 is 4.74 Å². The number of hydrogen-bond donors (Lipinski definition) is 0. The van der Waals surface area contributed by atoms with Gasteiger partial charge in [0.25, 0.3) is 5.56 Å². The number of ketones is 1. The summed E-state index contributed by atoms with van der Waals surface area (Å²) >= 11 is 7.39. The van der Waals surface area contributed by atoms with E-state index < -0.39 is 0 Å². The Bertz CT molecular complexity index is 1080. The molecule has 0 bridgehead atoms. The second-order valence-electron chi connectivity index (χ2n) is 6.41. The number of hydrogen-bond acceptors (Lipinski definition) is 5. The van der Waals surface area contributed by atoms with E-state index in [0.717, 1.165) is 6.42 Å². The third kappa shape index (κ3) is 4.08. The third-order valence-corrected chi connectivity index (χ3v) is 5.86. The molecule has 5 nitrogen and oxygen atoms in total. The predicted molar refractivity (Wildman–Crippen MR) is 114 cm³/mol. The molecule has 0 aliphatic carbocycles. The quantitative estimate of drug-likeness (QED) is 0.308. The Morgan fingerprint density at radius 1 is 1.29 bits per heavy atom. The average Bonchev–Trinajstić information content (AvgIpc) is 2.71. The first kappa shape index (κ1) is 20.4. The van der Waals surface area contributed by atoms with E-state index >= 15 is 0 Å². The topological polar surface area (TPSA) is 61.2 Å². The fourth-order valence-electron chi connectivity index (χ4n) is 2.85. The van der Waals surface area contributed by atoms with Crippen molar-refractivity contribution in [3.63, 3.8) is 0 Å². The lowest BCUT2D eigenvalue weighted by molar-refractivity contribution is 0.102. The number of methoxy groups -OCH3 is 1. The molecule has 146 valence electrons. The van der Waals surface area contributed by atoms with E-state index in [-0.39, 0.29) is 23.1 Å². The lowest BCUT2D eigenvalue weighted by Gasteiger charge is -2.18. The van der Waals surface area contributed by atoms with Crippen LogP contribution in [0.25, 0.3) is 10.9 Å². The number of benzene rings is 2. The van der Waals surface area contributed by atoms with Crippen LogP contribution in [0.5, 0.6) is 5.75 Å². The molecule has 3 aromatic rings. The van der Waals surface area contributed by atoms with Crippen LogP contribution in [0.2, 0.25) is 5.02 Å². The number of carbonyl (C=O) groups excluding carboxylic acids is 1. The standard InChI is InChI=1S/C21H21ClN2O3S/c1-4-13(2)24-20(26)15-7-5-6-8-17(15)23-21(24)28-12-18(25)14-9-10-19(27-3)16(22)11-14/h5-11,13H,4,12H2,1-3H3/t13-/m0/s1. The van der Waals surface area contributed by atoms with Gasteiger partial charge in [-0.05, 0) is 43.7 Å². The van der Waals surface area contributed by atoms with Gasteiger partial charge >= 0.3 is 0 Å². The van der Waals surface area contributed by atoms with Crippen molar-refractivity contribution in [2.75, 3.05) is 12.9 Å². The third-order valence-electron chi connectivity index (χ3n) is 4.61. The van der Waals surface area contributed by atoms with Crippen LogP contribution in [0.1, 0.15) is 36.7 Å². The Kier molecular flexibility index (Phi) is 6.42. The highest BCUT2D eigenvalue weighted by Gasteiger charge is 2.17. The van der Waals surface area contributed by atoms with Gasteiger partial charge in [0.2, 0.25) is 0 Å². The molecule has 0 saturated carbocycles. The highest BCUT2D eigenvalue weighted by atomic mass is 35.5. The lowest BCUT2D eigenvalue weighted by atomic mass is 10.1. The summed E-state index contributed by atoms with van der Waals surface area (Å²) in [6.45, 7) is 4.00. The molecule has 1 aromatic heterocycles. The van der Waals surface area contributed by atoms with Gasteiger partial charge in [0, 0.05) is 11.6 Å². The molecule has 0 radical (unpaired) electrons. The van der Waals surface area contributed by atoms with E-state index in [4.69, 9.17) is 16.3 Å². The van der Waals surface area contributed by atoms with Crippen molar-refractivity contribution in [2.24, 2.45) is 0 Å². The van der Waals surface area contributed by atoms with Gasteiger partial charge in [-0.2, -0.15) is 0 Å². The fourth-order valence-corrected chi connectivity index (χ4v) is 4.10. The number of rotatable bonds is 7. The maximum Gasteiger partial charge on any atom is 0.262 e. The van der Waals surface area contributed by atoms with E-state index in [9.17, 15) is 9.59 Å². The van der Waals surface area contributed by atoms with E-state index in [2.05, 4.69) is 4.98 Å². The van der Waals surface area contributed by atoms with Crippen LogP contribution in [0, 0.1) is 0 Å². The number of ether oxygens (including phenoxy) is 1. The van der Waals surface area contributed by atoms with E-state index in [1.807, 2.05) is 32.0 Å². The predicted octanol–water partition coefficient (Wildman–Crippen LogP) is 5.00. The first-order chi connectivity index (χ1) is 13.5. The van der Waals surface area contributed by atoms with Gasteiger partial charge in [0.05, 0.1) is 28.8 Å². The van der Waals surface area contributed by atoms with Crippen molar-refractivity contribution < 1.29 is 9.53 Å². The van der Waals surface area contributed by atoms with Gasteiger partial charge in [-0.3, -0.25) is 14.2 Å².